The predicted octanol–water partition coefficient (Wildman–Crippen LogP) is 0.625. The first-order valence-electron chi connectivity index (χ1n) is 6.35. The lowest BCUT2D eigenvalue weighted by molar-refractivity contribution is -0.139. The van der Waals surface area contributed by atoms with E-state index in [-0.39, 0.29) is 5.91 Å². The topological polar surface area (TPSA) is 89.4 Å². The van der Waals surface area contributed by atoms with Crippen LogP contribution in [0.25, 0.3) is 0 Å². The molecule has 1 aliphatic rings. The summed E-state index contributed by atoms with van der Waals surface area (Å²) in [6, 6.07) is 6.93. The average molecular weight is 261 g/mol. The largest absolute Gasteiger partial charge is 0.366 e. The van der Waals surface area contributed by atoms with Crippen LogP contribution in [0.4, 0.5) is 0 Å². The normalized spacial score (nSPS) is 16.5. The molecular formula is C14H19N3O2. The Kier molecular flexibility index (Phi) is 3.57. The van der Waals surface area contributed by atoms with Gasteiger partial charge in [-0.1, -0.05) is 12.1 Å². The Balaban J connectivity index is 2.00. The number of amides is 2. The van der Waals surface area contributed by atoms with Crippen LogP contribution in [0.1, 0.15) is 35.2 Å². The van der Waals surface area contributed by atoms with E-state index in [9.17, 15) is 9.59 Å². The first-order valence-corrected chi connectivity index (χ1v) is 6.35. The van der Waals surface area contributed by atoms with E-state index in [0.717, 1.165) is 24.8 Å². The molecular weight excluding hydrogens is 242 g/mol. The molecule has 1 saturated carbocycles. The number of primary amides is 1. The van der Waals surface area contributed by atoms with E-state index in [1.165, 1.54) is 0 Å². The van der Waals surface area contributed by atoms with Gasteiger partial charge in [0, 0.05) is 19.2 Å². The van der Waals surface area contributed by atoms with Gasteiger partial charge in [0.25, 0.3) is 0 Å². The lowest BCUT2D eigenvalue weighted by Crippen LogP contribution is -2.58. The fourth-order valence-corrected chi connectivity index (χ4v) is 2.27. The van der Waals surface area contributed by atoms with Crippen LogP contribution < -0.4 is 11.5 Å². The van der Waals surface area contributed by atoms with Gasteiger partial charge >= 0.3 is 0 Å². The lowest BCUT2D eigenvalue weighted by Gasteiger charge is -2.39. The molecule has 0 radical (unpaired) electrons. The Labute approximate surface area is 112 Å². The summed E-state index contributed by atoms with van der Waals surface area (Å²) in [7, 11) is 1.75. The molecule has 2 amide bonds. The number of benzene rings is 1. The third-order valence-corrected chi connectivity index (χ3v) is 3.68. The SMILES string of the molecule is CN(Cc1ccc(C(N)=O)cc1)C(=O)C1(N)CCC1. The molecule has 5 heteroatoms. The van der Waals surface area contributed by atoms with Crippen LogP contribution in [0.2, 0.25) is 0 Å². The fourth-order valence-electron chi connectivity index (χ4n) is 2.27. The summed E-state index contributed by atoms with van der Waals surface area (Å²) in [5, 5.41) is 0. The van der Waals surface area contributed by atoms with Crippen molar-refractivity contribution in [3.8, 4) is 0 Å². The van der Waals surface area contributed by atoms with Crippen LogP contribution in [0, 0.1) is 0 Å². The van der Waals surface area contributed by atoms with Crippen LogP contribution in [0.3, 0.4) is 0 Å². The third-order valence-electron chi connectivity index (χ3n) is 3.68. The first kappa shape index (κ1) is 13.5. The van der Waals surface area contributed by atoms with Gasteiger partial charge in [-0.3, -0.25) is 9.59 Å². The Bertz CT molecular complexity index is 492. The average Bonchev–Trinajstić information content (AvgIpc) is 2.35. The summed E-state index contributed by atoms with van der Waals surface area (Å²) in [5.74, 6) is -0.468. The summed E-state index contributed by atoms with van der Waals surface area (Å²) in [5.41, 5.74) is 11.9. The maximum Gasteiger partial charge on any atom is 0.248 e. The van der Waals surface area contributed by atoms with Gasteiger partial charge in [0.05, 0.1) is 5.54 Å². The van der Waals surface area contributed by atoms with Gasteiger partial charge in [-0.05, 0) is 37.0 Å². The smallest absolute Gasteiger partial charge is 0.248 e. The van der Waals surface area contributed by atoms with Gasteiger partial charge in [0.15, 0.2) is 0 Å². The van der Waals surface area contributed by atoms with Crippen LogP contribution in [0.15, 0.2) is 24.3 Å². The second-order valence-electron chi connectivity index (χ2n) is 5.23. The maximum atomic E-state index is 12.2. The van der Waals surface area contributed by atoms with E-state index < -0.39 is 11.4 Å². The van der Waals surface area contributed by atoms with Crippen molar-refractivity contribution in [3.05, 3.63) is 35.4 Å². The number of nitrogens with two attached hydrogens (primary N) is 2. The molecule has 0 aromatic heterocycles. The van der Waals surface area contributed by atoms with E-state index in [4.69, 9.17) is 11.5 Å². The van der Waals surface area contributed by atoms with Crippen LogP contribution in [0.5, 0.6) is 0 Å². The zero-order valence-electron chi connectivity index (χ0n) is 11.1. The molecule has 0 unspecified atom stereocenters. The minimum Gasteiger partial charge on any atom is -0.366 e. The van der Waals surface area contributed by atoms with Crippen molar-refractivity contribution in [1.82, 2.24) is 4.90 Å². The van der Waals surface area contributed by atoms with E-state index in [2.05, 4.69) is 0 Å². The van der Waals surface area contributed by atoms with Gasteiger partial charge in [0.1, 0.15) is 0 Å². The van der Waals surface area contributed by atoms with E-state index in [1.54, 1.807) is 36.2 Å². The predicted molar refractivity (Wildman–Crippen MR) is 72.2 cm³/mol. The second-order valence-corrected chi connectivity index (χ2v) is 5.23. The molecule has 0 heterocycles. The van der Waals surface area contributed by atoms with Crippen molar-refractivity contribution in [2.24, 2.45) is 11.5 Å². The zero-order valence-corrected chi connectivity index (χ0v) is 11.1. The van der Waals surface area contributed by atoms with Crippen molar-refractivity contribution in [3.63, 3.8) is 0 Å². The molecule has 0 bridgehead atoms. The number of nitrogens with zero attached hydrogens (tertiary/aromatic N) is 1. The number of rotatable bonds is 4. The summed E-state index contributed by atoms with van der Waals surface area (Å²) in [4.78, 5) is 24.8. The number of hydrogen-bond donors (Lipinski definition) is 2. The van der Waals surface area contributed by atoms with Crippen LogP contribution in [-0.4, -0.2) is 29.3 Å². The van der Waals surface area contributed by atoms with Crippen molar-refractivity contribution in [1.29, 1.82) is 0 Å². The summed E-state index contributed by atoms with van der Waals surface area (Å²) in [6.07, 6.45) is 2.54. The molecule has 5 nitrogen and oxygen atoms in total. The van der Waals surface area contributed by atoms with Crippen LogP contribution in [-0.2, 0) is 11.3 Å². The van der Waals surface area contributed by atoms with Gasteiger partial charge in [-0.25, -0.2) is 0 Å². The quantitative estimate of drug-likeness (QED) is 0.832. The highest BCUT2D eigenvalue weighted by Gasteiger charge is 2.41. The lowest BCUT2D eigenvalue weighted by atomic mass is 9.76. The Morgan fingerprint density at radius 1 is 1.26 bits per heavy atom. The van der Waals surface area contributed by atoms with Gasteiger partial charge < -0.3 is 16.4 Å². The Morgan fingerprint density at radius 2 is 1.84 bits per heavy atom. The highest BCUT2D eigenvalue weighted by molar-refractivity contribution is 5.92. The number of carbonyl (C=O) groups excluding carboxylic acids is 2. The minimum atomic E-state index is -0.665. The minimum absolute atomic E-state index is 0.0160. The third kappa shape index (κ3) is 2.76. The summed E-state index contributed by atoms with van der Waals surface area (Å²) < 4.78 is 0. The number of likely N-dealkylation sites (N-methyl/N-ethyl adjacent to an activating group) is 1. The van der Waals surface area contributed by atoms with Crippen molar-refractivity contribution in [2.75, 3.05) is 7.05 Å². The maximum absolute atomic E-state index is 12.2. The fraction of sp³-hybridized carbons (Fsp3) is 0.429. The molecule has 0 saturated heterocycles. The first-order chi connectivity index (χ1) is 8.92. The van der Waals surface area contributed by atoms with Crippen LogP contribution >= 0.6 is 0 Å². The van der Waals surface area contributed by atoms with E-state index in [0.29, 0.717) is 12.1 Å². The van der Waals surface area contributed by atoms with E-state index in [1.807, 2.05) is 0 Å². The molecule has 1 aliphatic carbocycles. The van der Waals surface area contributed by atoms with E-state index >= 15 is 0 Å². The molecule has 0 spiro atoms. The molecule has 1 aromatic rings. The zero-order chi connectivity index (χ0) is 14.0. The molecule has 0 atom stereocenters. The van der Waals surface area contributed by atoms with Crippen molar-refractivity contribution >= 4 is 11.8 Å². The Hall–Kier alpha value is -1.88. The molecule has 0 aliphatic heterocycles. The Morgan fingerprint density at radius 3 is 2.26 bits per heavy atom. The number of hydrogen-bond acceptors (Lipinski definition) is 3. The van der Waals surface area contributed by atoms with Crippen molar-refractivity contribution < 1.29 is 9.59 Å². The number of carbonyl (C=O) groups is 2. The molecule has 2 rings (SSSR count). The molecule has 4 N–H and O–H groups in total. The molecule has 1 fully saturated rings. The molecule has 1 aromatic carbocycles. The van der Waals surface area contributed by atoms with Gasteiger partial charge in [-0.2, -0.15) is 0 Å². The highest BCUT2D eigenvalue weighted by atomic mass is 16.2. The summed E-state index contributed by atoms with van der Waals surface area (Å²) in [6.45, 7) is 0.483. The molecule has 19 heavy (non-hydrogen) atoms. The molecule has 102 valence electrons. The highest BCUT2D eigenvalue weighted by Crippen LogP contribution is 2.30. The summed E-state index contributed by atoms with van der Waals surface area (Å²) >= 11 is 0. The monoisotopic (exact) mass is 261 g/mol. The second kappa shape index (κ2) is 5.01. The van der Waals surface area contributed by atoms with Crippen molar-refractivity contribution in [2.45, 2.75) is 31.3 Å². The van der Waals surface area contributed by atoms with Gasteiger partial charge in [-0.15, -0.1) is 0 Å². The van der Waals surface area contributed by atoms with Gasteiger partial charge in [0.2, 0.25) is 11.8 Å². The standard InChI is InChI=1S/C14H19N3O2/c1-17(13(19)14(16)7-2-8-14)9-10-3-5-11(6-4-10)12(15)18/h3-6H,2,7-9,16H2,1H3,(H2,15,18).